The van der Waals surface area contributed by atoms with Crippen molar-refractivity contribution in [3.05, 3.63) is 28.2 Å². The van der Waals surface area contributed by atoms with E-state index < -0.39 is 0 Å². The number of piperidine rings is 1. The maximum atomic E-state index is 13.5. The first kappa shape index (κ1) is 17.5. The van der Waals surface area contributed by atoms with Crippen LogP contribution in [0.3, 0.4) is 0 Å². The molecule has 3 nitrogen and oxygen atoms in total. The summed E-state index contributed by atoms with van der Waals surface area (Å²) < 4.78 is 1.07. The van der Waals surface area contributed by atoms with Crippen LogP contribution in [0.2, 0.25) is 0 Å². The summed E-state index contributed by atoms with van der Waals surface area (Å²) in [6.45, 7) is 6.82. The predicted octanol–water partition coefficient (Wildman–Crippen LogP) is 4.87. The fourth-order valence-electron chi connectivity index (χ4n) is 5.21. The van der Waals surface area contributed by atoms with Crippen LogP contribution in [0.4, 0.5) is 5.69 Å². The van der Waals surface area contributed by atoms with Crippen molar-refractivity contribution in [2.45, 2.75) is 76.3 Å². The zero-order valence-electron chi connectivity index (χ0n) is 15.4. The minimum atomic E-state index is -0.313. The van der Waals surface area contributed by atoms with Gasteiger partial charge in [0.05, 0.1) is 5.41 Å². The second kappa shape index (κ2) is 6.70. The summed E-state index contributed by atoms with van der Waals surface area (Å²) in [5, 5.41) is 0. The first-order chi connectivity index (χ1) is 12.1. The lowest BCUT2D eigenvalue weighted by atomic mass is 9.76. The number of fused-ring (bicyclic) bond motifs is 1. The molecule has 4 heteroatoms. The van der Waals surface area contributed by atoms with Gasteiger partial charge in [0, 0.05) is 22.2 Å². The third kappa shape index (κ3) is 2.68. The van der Waals surface area contributed by atoms with Crippen LogP contribution in [0, 0.1) is 0 Å². The molecule has 2 aliphatic heterocycles. The lowest BCUT2D eigenvalue weighted by molar-refractivity contribution is -0.124. The lowest BCUT2D eigenvalue weighted by Gasteiger charge is -2.48. The fourth-order valence-corrected chi connectivity index (χ4v) is 5.56. The van der Waals surface area contributed by atoms with Crippen LogP contribution in [-0.2, 0) is 10.2 Å². The van der Waals surface area contributed by atoms with Gasteiger partial charge in [0.2, 0.25) is 5.91 Å². The maximum absolute atomic E-state index is 13.5. The van der Waals surface area contributed by atoms with Gasteiger partial charge >= 0.3 is 0 Å². The minimum absolute atomic E-state index is 0.313. The van der Waals surface area contributed by atoms with Crippen molar-refractivity contribution in [2.75, 3.05) is 18.0 Å². The number of halogens is 1. The molecule has 1 amide bonds. The number of hydrogen-bond acceptors (Lipinski definition) is 2. The zero-order valence-corrected chi connectivity index (χ0v) is 17.0. The molecule has 4 rings (SSSR count). The molecule has 0 unspecified atom stereocenters. The van der Waals surface area contributed by atoms with Crippen LogP contribution < -0.4 is 4.90 Å². The quantitative estimate of drug-likeness (QED) is 0.714. The minimum Gasteiger partial charge on any atom is -0.308 e. The highest BCUT2D eigenvalue weighted by Crippen LogP contribution is 2.50. The molecule has 2 heterocycles. The van der Waals surface area contributed by atoms with E-state index in [1.54, 1.807) is 0 Å². The van der Waals surface area contributed by atoms with Gasteiger partial charge in [-0.3, -0.25) is 4.79 Å². The maximum Gasteiger partial charge on any atom is 0.237 e. The Balaban J connectivity index is 1.58. The Morgan fingerprint density at radius 1 is 1.08 bits per heavy atom. The van der Waals surface area contributed by atoms with E-state index in [1.165, 1.54) is 37.9 Å². The van der Waals surface area contributed by atoms with Crippen molar-refractivity contribution >= 4 is 27.5 Å². The number of benzene rings is 1. The van der Waals surface area contributed by atoms with Crippen molar-refractivity contribution in [3.63, 3.8) is 0 Å². The number of amides is 1. The van der Waals surface area contributed by atoms with Gasteiger partial charge in [0.15, 0.2) is 0 Å². The monoisotopic (exact) mass is 404 g/mol. The highest BCUT2D eigenvalue weighted by Gasteiger charge is 2.52. The largest absolute Gasteiger partial charge is 0.308 e. The molecule has 1 saturated carbocycles. The Morgan fingerprint density at radius 2 is 1.76 bits per heavy atom. The number of hydrogen-bond donors (Lipinski definition) is 0. The number of likely N-dealkylation sites (tertiary alicyclic amines) is 1. The van der Waals surface area contributed by atoms with Crippen molar-refractivity contribution in [1.29, 1.82) is 0 Å². The molecule has 0 bridgehead atoms. The molecule has 3 aliphatic rings. The molecule has 1 aromatic rings. The summed E-state index contributed by atoms with van der Waals surface area (Å²) in [5.41, 5.74) is 2.09. The fraction of sp³-hybridized carbons (Fsp3) is 0.667. The molecule has 0 atom stereocenters. The summed E-state index contributed by atoms with van der Waals surface area (Å²) in [7, 11) is 0. The van der Waals surface area contributed by atoms with E-state index in [0.717, 1.165) is 35.8 Å². The van der Waals surface area contributed by atoms with Gasteiger partial charge < -0.3 is 9.80 Å². The van der Waals surface area contributed by atoms with Gasteiger partial charge in [0.25, 0.3) is 0 Å². The standard InChI is InChI=1S/C21H29BrN2O/c1-3-21(4-2)18-9-8-15(22)12-19(18)24(20(21)25)17-13-16(14-17)23-10-6-5-7-11-23/h8-9,12,16-17H,3-7,10-11,13-14H2,1-2H3. The molecule has 0 spiro atoms. The molecule has 1 saturated heterocycles. The van der Waals surface area contributed by atoms with E-state index in [-0.39, 0.29) is 5.41 Å². The van der Waals surface area contributed by atoms with Gasteiger partial charge in [-0.15, -0.1) is 0 Å². The lowest BCUT2D eigenvalue weighted by Crippen LogP contribution is -2.57. The third-order valence-electron chi connectivity index (χ3n) is 6.93. The Hall–Kier alpha value is -0.870. The van der Waals surface area contributed by atoms with Crippen LogP contribution in [-0.4, -0.2) is 36.0 Å². The summed E-state index contributed by atoms with van der Waals surface area (Å²) in [6, 6.07) is 7.49. The Morgan fingerprint density at radius 3 is 2.40 bits per heavy atom. The summed E-state index contributed by atoms with van der Waals surface area (Å²) >= 11 is 3.61. The highest BCUT2D eigenvalue weighted by molar-refractivity contribution is 9.10. The Bertz CT molecular complexity index is 658. The van der Waals surface area contributed by atoms with Gasteiger partial charge in [-0.2, -0.15) is 0 Å². The Kier molecular flexibility index (Phi) is 4.70. The van der Waals surface area contributed by atoms with Gasteiger partial charge in [-0.05, 0) is 69.3 Å². The zero-order chi connectivity index (χ0) is 17.6. The van der Waals surface area contributed by atoms with Crippen molar-refractivity contribution in [2.24, 2.45) is 0 Å². The number of rotatable bonds is 4. The molecule has 0 N–H and O–H groups in total. The summed E-state index contributed by atoms with van der Waals surface area (Å²) in [4.78, 5) is 18.3. The van der Waals surface area contributed by atoms with Crippen molar-refractivity contribution in [1.82, 2.24) is 4.90 Å². The van der Waals surface area contributed by atoms with E-state index in [4.69, 9.17) is 0 Å². The molecule has 1 aromatic carbocycles. The van der Waals surface area contributed by atoms with Crippen molar-refractivity contribution < 1.29 is 4.79 Å². The van der Waals surface area contributed by atoms with E-state index in [1.807, 2.05) is 0 Å². The number of carbonyl (C=O) groups excluding carboxylic acids is 1. The van der Waals surface area contributed by atoms with Gasteiger partial charge in [-0.25, -0.2) is 0 Å². The number of carbonyl (C=O) groups is 1. The van der Waals surface area contributed by atoms with E-state index >= 15 is 0 Å². The SMILES string of the molecule is CCC1(CC)C(=O)N(C2CC(N3CCCCC3)C2)c2cc(Br)ccc21. The van der Waals surface area contributed by atoms with E-state index in [0.29, 0.717) is 18.0 Å². The molecule has 25 heavy (non-hydrogen) atoms. The van der Waals surface area contributed by atoms with Crippen LogP contribution >= 0.6 is 15.9 Å². The highest BCUT2D eigenvalue weighted by atomic mass is 79.9. The van der Waals surface area contributed by atoms with Crippen molar-refractivity contribution in [3.8, 4) is 0 Å². The normalized spacial score (nSPS) is 28.8. The molecule has 0 radical (unpaired) electrons. The molecule has 2 fully saturated rings. The van der Waals surface area contributed by atoms with Crippen LogP contribution in [0.15, 0.2) is 22.7 Å². The third-order valence-corrected chi connectivity index (χ3v) is 7.42. The average molecular weight is 405 g/mol. The number of anilines is 1. The molecular weight excluding hydrogens is 376 g/mol. The summed E-state index contributed by atoms with van der Waals surface area (Å²) in [5.74, 6) is 0.340. The predicted molar refractivity (Wildman–Crippen MR) is 106 cm³/mol. The Labute approximate surface area is 159 Å². The average Bonchev–Trinajstić information content (AvgIpc) is 2.83. The summed E-state index contributed by atoms with van der Waals surface area (Å²) in [6.07, 6.45) is 8.12. The van der Waals surface area contributed by atoms with Gasteiger partial charge in [0.1, 0.15) is 0 Å². The van der Waals surface area contributed by atoms with Crippen LogP contribution in [0.5, 0.6) is 0 Å². The number of nitrogens with zero attached hydrogens (tertiary/aromatic N) is 2. The van der Waals surface area contributed by atoms with E-state index in [9.17, 15) is 4.79 Å². The molecule has 0 aromatic heterocycles. The van der Waals surface area contributed by atoms with Crippen LogP contribution in [0.1, 0.15) is 64.4 Å². The second-order valence-electron chi connectivity index (χ2n) is 8.00. The first-order valence-electron chi connectivity index (χ1n) is 9.98. The molecule has 1 aliphatic carbocycles. The smallest absolute Gasteiger partial charge is 0.237 e. The van der Waals surface area contributed by atoms with Crippen LogP contribution in [0.25, 0.3) is 0 Å². The molecule has 136 valence electrons. The van der Waals surface area contributed by atoms with E-state index in [2.05, 4.69) is 57.8 Å². The van der Waals surface area contributed by atoms with Gasteiger partial charge in [-0.1, -0.05) is 42.3 Å². The second-order valence-corrected chi connectivity index (χ2v) is 8.92. The molecular formula is C21H29BrN2O. The topological polar surface area (TPSA) is 23.6 Å². The first-order valence-corrected chi connectivity index (χ1v) is 10.8.